The molecule has 3 aromatic rings. The lowest BCUT2D eigenvalue weighted by atomic mass is 10.2. The van der Waals surface area contributed by atoms with Gasteiger partial charge in [0.05, 0.1) is 11.9 Å². The predicted octanol–water partition coefficient (Wildman–Crippen LogP) is 2.61. The number of aromatic amines is 1. The number of hydrogen-bond acceptors (Lipinski definition) is 4. The van der Waals surface area contributed by atoms with Crippen molar-refractivity contribution in [2.75, 3.05) is 13.1 Å². The van der Waals surface area contributed by atoms with Crippen LogP contribution in [0, 0.1) is 5.82 Å². The Labute approximate surface area is 149 Å². The van der Waals surface area contributed by atoms with E-state index >= 15 is 0 Å². The molecule has 0 bridgehead atoms. The maximum Gasteiger partial charge on any atom is 0.423 e. The zero-order valence-electron chi connectivity index (χ0n) is 13.8. The van der Waals surface area contributed by atoms with Crippen molar-refractivity contribution in [1.82, 2.24) is 20.1 Å². The average molecular weight is 382 g/mol. The molecule has 1 aliphatic rings. The van der Waals surface area contributed by atoms with Gasteiger partial charge in [0.2, 0.25) is 0 Å². The molecule has 3 heterocycles. The van der Waals surface area contributed by atoms with E-state index in [0.29, 0.717) is 17.3 Å². The Balaban J connectivity index is 1.79. The number of aromatic nitrogens is 3. The van der Waals surface area contributed by atoms with Crippen LogP contribution in [0.1, 0.15) is 12.0 Å². The summed E-state index contributed by atoms with van der Waals surface area (Å²) in [5.74, 6) is -0.568. The molecule has 0 spiro atoms. The molecule has 1 atom stereocenters. The molecule has 0 amide bonds. The zero-order valence-corrected chi connectivity index (χ0v) is 13.8. The molecular formula is C17H14F4N4O2. The highest BCUT2D eigenvalue weighted by molar-refractivity contribution is 5.84. The number of hydrogen-bond donors (Lipinski definition) is 2. The molecule has 2 aromatic heterocycles. The number of halogens is 4. The summed E-state index contributed by atoms with van der Waals surface area (Å²) in [6, 6.07) is 2.63. The van der Waals surface area contributed by atoms with Crippen LogP contribution in [-0.2, 0) is 6.18 Å². The Morgan fingerprint density at radius 1 is 1.22 bits per heavy atom. The van der Waals surface area contributed by atoms with E-state index in [1.54, 1.807) is 5.10 Å². The van der Waals surface area contributed by atoms with E-state index in [0.717, 1.165) is 23.7 Å². The van der Waals surface area contributed by atoms with Crippen LogP contribution in [0.25, 0.3) is 16.5 Å². The molecular weight excluding hydrogens is 368 g/mol. The third kappa shape index (κ3) is 3.27. The van der Waals surface area contributed by atoms with E-state index < -0.39 is 28.8 Å². The molecule has 1 fully saturated rings. The SMILES string of the molecule is O=c1[nH]ncc(-n2cc3cc(F)c(OC4CCNC4)cc3c2)c1C(F)(F)F. The average Bonchev–Trinajstić information content (AvgIpc) is 3.23. The van der Waals surface area contributed by atoms with Gasteiger partial charge in [0.1, 0.15) is 11.7 Å². The Morgan fingerprint density at radius 2 is 1.96 bits per heavy atom. The molecule has 0 radical (unpaired) electrons. The summed E-state index contributed by atoms with van der Waals surface area (Å²) in [7, 11) is 0. The maximum atomic E-state index is 14.3. The van der Waals surface area contributed by atoms with E-state index in [4.69, 9.17) is 4.74 Å². The van der Waals surface area contributed by atoms with Crippen LogP contribution in [0.5, 0.6) is 5.75 Å². The van der Waals surface area contributed by atoms with Crippen LogP contribution in [0.2, 0.25) is 0 Å². The van der Waals surface area contributed by atoms with Crippen LogP contribution < -0.4 is 15.6 Å². The second-order valence-electron chi connectivity index (χ2n) is 6.27. The molecule has 1 aliphatic heterocycles. The fourth-order valence-electron chi connectivity index (χ4n) is 3.14. The van der Waals surface area contributed by atoms with Crippen molar-refractivity contribution in [3.05, 3.63) is 52.5 Å². The normalized spacial score (nSPS) is 17.6. The number of alkyl halides is 3. The van der Waals surface area contributed by atoms with Gasteiger partial charge in [-0.2, -0.15) is 18.3 Å². The van der Waals surface area contributed by atoms with Gasteiger partial charge in [0, 0.05) is 29.7 Å². The summed E-state index contributed by atoms with van der Waals surface area (Å²) in [6.07, 6.45) is -0.692. The third-order valence-electron chi connectivity index (χ3n) is 4.40. The van der Waals surface area contributed by atoms with Crippen LogP contribution in [-0.4, -0.2) is 34.0 Å². The summed E-state index contributed by atoms with van der Waals surface area (Å²) in [5.41, 5.74) is -3.15. The monoisotopic (exact) mass is 382 g/mol. The molecule has 0 saturated carbocycles. The molecule has 1 aromatic carbocycles. The second kappa shape index (κ2) is 6.38. The van der Waals surface area contributed by atoms with Gasteiger partial charge in [-0.15, -0.1) is 0 Å². The number of H-pyrrole nitrogens is 1. The molecule has 6 nitrogen and oxygen atoms in total. The van der Waals surface area contributed by atoms with E-state index in [-0.39, 0.29) is 11.9 Å². The van der Waals surface area contributed by atoms with Gasteiger partial charge in [-0.1, -0.05) is 0 Å². The number of nitrogens with one attached hydrogen (secondary N) is 2. The molecule has 1 unspecified atom stereocenters. The minimum absolute atomic E-state index is 0.0361. The Kier molecular flexibility index (Phi) is 4.14. The minimum atomic E-state index is -4.86. The lowest BCUT2D eigenvalue weighted by molar-refractivity contribution is -0.138. The van der Waals surface area contributed by atoms with Gasteiger partial charge in [0.25, 0.3) is 5.56 Å². The van der Waals surface area contributed by atoms with Crippen molar-refractivity contribution in [2.45, 2.75) is 18.7 Å². The number of fused-ring (bicyclic) bond motifs is 1. The van der Waals surface area contributed by atoms with Crippen molar-refractivity contribution < 1.29 is 22.3 Å². The molecule has 142 valence electrons. The summed E-state index contributed by atoms with van der Waals surface area (Å²) in [5, 5.41) is 9.18. The topological polar surface area (TPSA) is 71.9 Å². The van der Waals surface area contributed by atoms with Crippen LogP contribution in [0.15, 0.2) is 35.5 Å². The molecule has 27 heavy (non-hydrogen) atoms. The lowest BCUT2D eigenvalue weighted by Gasteiger charge is -2.13. The van der Waals surface area contributed by atoms with Gasteiger partial charge >= 0.3 is 6.18 Å². The second-order valence-corrected chi connectivity index (χ2v) is 6.27. The van der Waals surface area contributed by atoms with Gasteiger partial charge in [-0.05, 0) is 25.1 Å². The van der Waals surface area contributed by atoms with Gasteiger partial charge in [-0.25, -0.2) is 9.49 Å². The van der Waals surface area contributed by atoms with E-state index in [1.165, 1.54) is 24.5 Å². The van der Waals surface area contributed by atoms with Crippen molar-refractivity contribution in [3.63, 3.8) is 0 Å². The van der Waals surface area contributed by atoms with Gasteiger partial charge < -0.3 is 14.6 Å². The fraction of sp³-hybridized carbons (Fsp3) is 0.294. The maximum absolute atomic E-state index is 14.3. The van der Waals surface area contributed by atoms with Crippen molar-refractivity contribution in [2.24, 2.45) is 0 Å². The summed E-state index contributed by atoms with van der Waals surface area (Å²) < 4.78 is 60.8. The number of nitrogens with zero attached hydrogens (tertiary/aromatic N) is 2. The van der Waals surface area contributed by atoms with E-state index in [1.807, 2.05) is 0 Å². The number of ether oxygens (including phenoxy) is 1. The highest BCUT2D eigenvalue weighted by Crippen LogP contribution is 2.33. The third-order valence-corrected chi connectivity index (χ3v) is 4.40. The van der Waals surface area contributed by atoms with Crippen LogP contribution >= 0.6 is 0 Å². The van der Waals surface area contributed by atoms with Gasteiger partial charge in [-0.3, -0.25) is 4.79 Å². The first-order valence-electron chi connectivity index (χ1n) is 8.17. The van der Waals surface area contributed by atoms with Crippen molar-refractivity contribution >= 4 is 10.8 Å². The largest absolute Gasteiger partial charge is 0.486 e. The molecule has 0 aliphatic carbocycles. The summed E-state index contributed by atoms with van der Waals surface area (Å²) >= 11 is 0. The zero-order chi connectivity index (χ0) is 19.2. The first kappa shape index (κ1) is 17.5. The van der Waals surface area contributed by atoms with Crippen LogP contribution in [0.4, 0.5) is 17.6 Å². The van der Waals surface area contributed by atoms with E-state index in [2.05, 4.69) is 10.4 Å². The molecule has 1 saturated heterocycles. The first-order chi connectivity index (χ1) is 12.8. The predicted molar refractivity (Wildman–Crippen MR) is 88.6 cm³/mol. The highest BCUT2D eigenvalue weighted by atomic mass is 19.4. The van der Waals surface area contributed by atoms with Crippen molar-refractivity contribution in [1.29, 1.82) is 0 Å². The highest BCUT2D eigenvalue weighted by Gasteiger charge is 2.37. The molecule has 2 N–H and O–H groups in total. The van der Waals surface area contributed by atoms with Crippen molar-refractivity contribution in [3.8, 4) is 11.4 Å². The number of rotatable bonds is 3. The quantitative estimate of drug-likeness (QED) is 0.683. The molecule has 4 rings (SSSR count). The van der Waals surface area contributed by atoms with Crippen LogP contribution in [0.3, 0.4) is 0 Å². The number of benzene rings is 1. The van der Waals surface area contributed by atoms with Gasteiger partial charge in [0.15, 0.2) is 11.6 Å². The minimum Gasteiger partial charge on any atom is -0.486 e. The standard InChI is InChI=1S/C17H14F4N4O2/c18-12-3-9-7-25(13-6-23-24-16(26)15(13)17(19,20)21)8-10(9)4-14(12)27-11-1-2-22-5-11/h3-4,6-8,11,22H,1-2,5H2,(H,24,26). The Bertz CT molecular complexity index is 1050. The first-order valence-corrected chi connectivity index (χ1v) is 8.17. The smallest absolute Gasteiger partial charge is 0.423 e. The van der Waals surface area contributed by atoms with E-state index in [9.17, 15) is 22.4 Å². The lowest BCUT2D eigenvalue weighted by Crippen LogP contribution is -2.25. The fourth-order valence-corrected chi connectivity index (χ4v) is 3.14. The summed E-state index contributed by atoms with van der Waals surface area (Å²) in [6.45, 7) is 1.38. The summed E-state index contributed by atoms with van der Waals surface area (Å²) in [4.78, 5) is 11.6. The Morgan fingerprint density at radius 3 is 2.63 bits per heavy atom. The molecule has 10 heteroatoms. The Hall–Kier alpha value is -2.88.